The van der Waals surface area contributed by atoms with E-state index in [1.165, 1.54) is 0 Å². The Morgan fingerprint density at radius 1 is 0.875 bits per heavy atom. The molecule has 0 aliphatic carbocycles. The van der Waals surface area contributed by atoms with Gasteiger partial charge in [-0.25, -0.2) is 9.97 Å². The third-order valence-electron chi connectivity index (χ3n) is 5.37. The van der Waals surface area contributed by atoms with Crippen molar-refractivity contribution in [3.63, 3.8) is 0 Å². The molecule has 5 nitrogen and oxygen atoms in total. The van der Waals surface area contributed by atoms with Crippen molar-refractivity contribution in [1.29, 1.82) is 0 Å². The highest BCUT2D eigenvalue weighted by Crippen LogP contribution is 2.40. The van der Waals surface area contributed by atoms with Crippen LogP contribution in [0, 0.1) is 27.7 Å². The highest BCUT2D eigenvalue weighted by Gasteiger charge is 2.25. The lowest BCUT2D eigenvalue weighted by atomic mass is 9.96. The molecular weight excluding hydrogens is 416 g/mol. The molecule has 32 heavy (non-hydrogen) atoms. The summed E-state index contributed by atoms with van der Waals surface area (Å²) >= 11 is 1.59. The molecule has 2 aromatic heterocycles. The number of aryl methyl sites for hydroxylation is 3. The quantitative estimate of drug-likeness (QED) is 0.372. The second-order valence-electron chi connectivity index (χ2n) is 7.81. The molecule has 0 bridgehead atoms. The fraction of sp³-hybridized carbons (Fsp3) is 0.192. The summed E-state index contributed by atoms with van der Waals surface area (Å²) in [6.45, 7) is 8.10. The van der Waals surface area contributed by atoms with Gasteiger partial charge in [-0.2, -0.15) is 0 Å². The Labute approximate surface area is 192 Å². The molecule has 2 heterocycles. The normalized spacial score (nSPS) is 11.8. The minimum Gasteiger partial charge on any atom is -0.343 e. The highest BCUT2D eigenvalue weighted by atomic mass is 32.1. The van der Waals surface area contributed by atoms with Crippen LogP contribution >= 0.6 is 11.3 Å². The first-order valence-electron chi connectivity index (χ1n) is 10.5. The van der Waals surface area contributed by atoms with Crippen LogP contribution in [-0.2, 0) is 0 Å². The van der Waals surface area contributed by atoms with E-state index in [1.54, 1.807) is 11.3 Å². The van der Waals surface area contributed by atoms with Crippen molar-refractivity contribution in [3.8, 4) is 0 Å². The van der Waals surface area contributed by atoms with Crippen molar-refractivity contribution in [3.05, 3.63) is 105 Å². The summed E-state index contributed by atoms with van der Waals surface area (Å²) in [5.74, 6) is 0.447. The molecule has 2 aromatic carbocycles. The van der Waals surface area contributed by atoms with Gasteiger partial charge in [0.05, 0.1) is 6.04 Å². The number of rotatable bonds is 6. The summed E-state index contributed by atoms with van der Waals surface area (Å²) in [6.07, 6.45) is 0. The number of nitrogens with zero attached hydrogens (tertiary/aromatic N) is 2. The molecule has 0 unspecified atom stereocenters. The second kappa shape index (κ2) is 9.32. The van der Waals surface area contributed by atoms with Crippen molar-refractivity contribution in [2.45, 2.75) is 33.7 Å². The van der Waals surface area contributed by atoms with Crippen LogP contribution in [-0.4, -0.2) is 15.9 Å². The van der Waals surface area contributed by atoms with E-state index in [2.05, 4.69) is 46.6 Å². The maximum absolute atomic E-state index is 12.9. The number of amides is 1. The topological polar surface area (TPSA) is 66.9 Å². The molecule has 6 heteroatoms. The van der Waals surface area contributed by atoms with Crippen LogP contribution in [0.15, 0.2) is 66.7 Å². The number of benzene rings is 2. The van der Waals surface area contributed by atoms with Gasteiger partial charge in [0, 0.05) is 27.4 Å². The highest BCUT2D eigenvalue weighted by molar-refractivity contribution is 7.16. The lowest BCUT2D eigenvalue weighted by Gasteiger charge is -2.22. The summed E-state index contributed by atoms with van der Waals surface area (Å²) in [5, 5.41) is 7.51. The lowest BCUT2D eigenvalue weighted by Crippen LogP contribution is -2.18. The van der Waals surface area contributed by atoms with E-state index >= 15 is 0 Å². The van der Waals surface area contributed by atoms with E-state index in [1.807, 2.05) is 68.4 Å². The van der Waals surface area contributed by atoms with E-state index in [4.69, 9.17) is 0 Å². The van der Waals surface area contributed by atoms with Crippen molar-refractivity contribution in [2.75, 3.05) is 10.6 Å². The first-order chi connectivity index (χ1) is 15.4. The minimum atomic E-state index is -0.214. The third kappa shape index (κ3) is 4.70. The standard InChI is InChI=1S/C26H26N4OS/c1-16-15-17(2)28-26(27-16)29-23(20-11-7-5-8-12-20)22-18(3)19(4)32-25(22)30-24(31)21-13-9-6-10-14-21/h5-15,23H,1-4H3,(H,30,31)(H,27,28,29)/t23-/m0/s1. The third-order valence-corrected chi connectivity index (χ3v) is 6.51. The van der Waals surface area contributed by atoms with Crippen LogP contribution in [0.4, 0.5) is 10.9 Å². The smallest absolute Gasteiger partial charge is 0.256 e. The Morgan fingerprint density at radius 2 is 1.47 bits per heavy atom. The molecular formula is C26H26N4OS. The molecule has 1 amide bonds. The van der Waals surface area contributed by atoms with E-state index < -0.39 is 0 Å². The zero-order valence-electron chi connectivity index (χ0n) is 18.6. The molecule has 0 spiro atoms. The van der Waals surface area contributed by atoms with Gasteiger partial charge in [0.2, 0.25) is 5.95 Å². The molecule has 0 saturated heterocycles. The van der Waals surface area contributed by atoms with Crippen molar-refractivity contribution in [2.24, 2.45) is 0 Å². The fourth-order valence-electron chi connectivity index (χ4n) is 3.74. The molecule has 1 atom stereocenters. The molecule has 162 valence electrons. The van der Waals surface area contributed by atoms with Gasteiger partial charge in [-0.05, 0) is 57.0 Å². The predicted molar refractivity (Wildman–Crippen MR) is 132 cm³/mol. The van der Waals surface area contributed by atoms with E-state index in [0.29, 0.717) is 11.5 Å². The van der Waals surface area contributed by atoms with Gasteiger partial charge in [-0.3, -0.25) is 4.79 Å². The summed E-state index contributed by atoms with van der Waals surface area (Å²) in [4.78, 5) is 23.3. The van der Waals surface area contributed by atoms with E-state index in [-0.39, 0.29) is 11.9 Å². The fourth-order valence-corrected chi connectivity index (χ4v) is 4.83. The van der Waals surface area contributed by atoms with Gasteiger partial charge < -0.3 is 10.6 Å². The van der Waals surface area contributed by atoms with Crippen LogP contribution in [0.1, 0.15) is 49.4 Å². The number of carbonyl (C=O) groups excluding carboxylic acids is 1. The van der Waals surface area contributed by atoms with Gasteiger partial charge in [0.1, 0.15) is 5.00 Å². The largest absolute Gasteiger partial charge is 0.343 e. The Balaban J connectivity index is 1.78. The van der Waals surface area contributed by atoms with Crippen molar-refractivity contribution in [1.82, 2.24) is 9.97 Å². The average molecular weight is 443 g/mol. The Hall–Kier alpha value is -3.51. The van der Waals surface area contributed by atoms with Gasteiger partial charge in [0.15, 0.2) is 0 Å². The summed E-state index contributed by atoms with van der Waals surface area (Å²) in [5.41, 5.74) is 5.69. The van der Waals surface area contributed by atoms with Crippen molar-refractivity contribution >= 4 is 28.2 Å². The summed E-state index contributed by atoms with van der Waals surface area (Å²) in [6, 6.07) is 21.2. The molecule has 4 aromatic rings. The van der Waals surface area contributed by atoms with Crippen LogP contribution in [0.5, 0.6) is 0 Å². The molecule has 2 N–H and O–H groups in total. The van der Waals surface area contributed by atoms with Crippen LogP contribution in [0.2, 0.25) is 0 Å². The van der Waals surface area contributed by atoms with Crippen LogP contribution in [0.3, 0.4) is 0 Å². The van der Waals surface area contributed by atoms with Crippen molar-refractivity contribution < 1.29 is 4.79 Å². The number of carbonyl (C=O) groups is 1. The molecule has 0 aliphatic rings. The summed E-state index contributed by atoms with van der Waals surface area (Å²) < 4.78 is 0. The monoisotopic (exact) mass is 442 g/mol. The van der Waals surface area contributed by atoms with E-state index in [9.17, 15) is 4.79 Å². The first kappa shape index (κ1) is 21.7. The predicted octanol–water partition coefficient (Wildman–Crippen LogP) is 6.23. The zero-order valence-corrected chi connectivity index (χ0v) is 19.5. The van der Waals surface area contributed by atoms with Gasteiger partial charge in [-0.1, -0.05) is 48.5 Å². The van der Waals surface area contributed by atoms with Gasteiger partial charge in [-0.15, -0.1) is 11.3 Å². The maximum atomic E-state index is 12.9. The molecule has 0 aliphatic heterocycles. The Bertz CT molecular complexity index is 1220. The maximum Gasteiger partial charge on any atom is 0.256 e. The summed E-state index contributed by atoms with van der Waals surface area (Å²) in [7, 11) is 0. The van der Waals surface area contributed by atoms with E-state index in [0.717, 1.165) is 38.0 Å². The number of aromatic nitrogens is 2. The average Bonchev–Trinajstić information content (AvgIpc) is 3.05. The SMILES string of the molecule is Cc1cc(C)nc(N[C@@H](c2ccccc2)c2c(NC(=O)c3ccccc3)sc(C)c2C)n1. The number of anilines is 2. The van der Waals surface area contributed by atoms with Gasteiger partial charge in [0.25, 0.3) is 5.91 Å². The number of thiophene rings is 1. The number of nitrogens with one attached hydrogen (secondary N) is 2. The minimum absolute atomic E-state index is 0.123. The number of hydrogen-bond acceptors (Lipinski definition) is 5. The van der Waals surface area contributed by atoms with Crippen LogP contribution in [0.25, 0.3) is 0 Å². The molecule has 4 rings (SSSR count). The first-order valence-corrected chi connectivity index (χ1v) is 11.3. The van der Waals surface area contributed by atoms with Crippen LogP contribution < -0.4 is 10.6 Å². The zero-order chi connectivity index (χ0) is 22.7. The lowest BCUT2D eigenvalue weighted by molar-refractivity contribution is 0.102. The van der Waals surface area contributed by atoms with Gasteiger partial charge >= 0.3 is 0 Å². The molecule has 0 radical (unpaired) electrons. The molecule has 0 fully saturated rings. The number of hydrogen-bond donors (Lipinski definition) is 2. The second-order valence-corrected chi connectivity index (χ2v) is 9.03. The molecule has 0 saturated carbocycles. The Morgan fingerprint density at radius 3 is 2.09 bits per heavy atom. The Kier molecular flexibility index (Phi) is 6.32.